The number of hydrogen-bond donors (Lipinski definition) is 0. The zero-order chi connectivity index (χ0) is 25.7. The van der Waals surface area contributed by atoms with E-state index in [0.29, 0.717) is 12.0 Å². The van der Waals surface area contributed by atoms with Crippen molar-refractivity contribution in [2.45, 2.75) is 38.5 Å². The van der Waals surface area contributed by atoms with Crippen molar-refractivity contribution in [1.29, 1.82) is 5.26 Å². The first-order valence-corrected chi connectivity index (χ1v) is 12.6. The quantitative estimate of drug-likeness (QED) is 0.367. The number of benzene rings is 1. The Morgan fingerprint density at radius 1 is 1.05 bits per heavy atom. The normalized spacial score (nSPS) is 24.7. The largest absolute Gasteiger partial charge is 0.298 e. The van der Waals surface area contributed by atoms with Crippen molar-refractivity contribution < 1.29 is 9.18 Å². The first-order valence-electron chi connectivity index (χ1n) is 12.6. The molecule has 3 heterocycles. The standard InChI is InChI=1S/C30H26FN5O/c1-18-26-8-7-25-27(20-9-11-33-12-10-20)35-36(29(25)30(26,2)14-22(15-32)28(18)37)24-5-3-19(4-6-24)21-13-23(31)17-34-16-21/h3-6,9-13,16-18,22,26H,7-8,14H2,1-2H3/t18-,22?,26-,30-/m1/s1. The highest BCUT2D eigenvalue weighted by molar-refractivity contribution is 5.87. The molecule has 1 fully saturated rings. The Bertz CT molecular complexity index is 1540. The Hall–Kier alpha value is -4.18. The molecule has 7 heteroatoms. The number of aromatic nitrogens is 4. The number of nitrogens with zero attached hydrogens (tertiary/aromatic N) is 5. The number of Topliss-reactive ketones (excluding diaryl/α,β-unsaturated/α-hetero) is 1. The topological polar surface area (TPSA) is 84.5 Å². The predicted octanol–water partition coefficient (Wildman–Crippen LogP) is 5.70. The lowest BCUT2D eigenvalue weighted by Crippen LogP contribution is -2.51. The van der Waals surface area contributed by atoms with E-state index in [9.17, 15) is 14.4 Å². The predicted molar refractivity (Wildman–Crippen MR) is 137 cm³/mol. The molecule has 37 heavy (non-hydrogen) atoms. The van der Waals surface area contributed by atoms with Crippen molar-refractivity contribution in [3.05, 3.63) is 84.3 Å². The summed E-state index contributed by atoms with van der Waals surface area (Å²) in [6.45, 7) is 4.18. The van der Waals surface area contributed by atoms with Gasteiger partial charge in [0.05, 0.1) is 29.3 Å². The minimum Gasteiger partial charge on any atom is -0.298 e. The van der Waals surface area contributed by atoms with Gasteiger partial charge in [-0.1, -0.05) is 26.0 Å². The SMILES string of the molecule is C[C@H]1C(=O)C(C#N)C[C@@]2(C)c3c(c(-c4ccncc4)nn3-c3ccc(-c4cncc(F)c4)cc3)CC[C@H]12. The molecule has 4 aromatic rings. The maximum atomic E-state index is 13.7. The summed E-state index contributed by atoms with van der Waals surface area (Å²) in [6.07, 6.45) is 8.54. The van der Waals surface area contributed by atoms with Crippen LogP contribution >= 0.6 is 0 Å². The van der Waals surface area contributed by atoms with Crippen molar-refractivity contribution in [1.82, 2.24) is 19.7 Å². The number of pyridine rings is 2. The van der Waals surface area contributed by atoms with E-state index < -0.39 is 5.92 Å². The zero-order valence-electron chi connectivity index (χ0n) is 20.7. The minimum atomic E-state index is -0.627. The molecular formula is C30H26FN5O. The van der Waals surface area contributed by atoms with E-state index in [1.165, 1.54) is 17.8 Å². The van der Waals surface area contributed by atoms with Crippen molar-refractivity contribution in [2.24, 2.45) is 17.8 Å². The van der Waals surface area contributed by atoms with Gasteiger partial charge in [-0.05, 0) is 61.1 Å². The van der Waals surface area contributed by atoms with E-state index in [2.05, 4.69) is 23.0 Å². The molecule has 184 valence electrons. The summed E-state index contributed by atoms with van der Waals surface area (Å²) >= 11 is 0. The summed E-state index contributed by atoms with van der Waals surface area (Å²) in [6, 6.07) is 15.5. The summed E-state index contributed by atoms with van der Waals surface area (Å²) < 4.78 is 15.7. The third kappa shape index (κ3) is 3.67. The van der Waals surface area contributed by atoms with Gasteiger partial charge in [0.2, 0.25) is 0 Å². The Kier molecular flexibility index (Phi) is 5.49. The fourth-order valence-corrected chi connectivity index (χ4v) is 6.56. The molecule has 2 aliphatic carbocycles. The summed E-state index contributed by atoms with van der Waals surface area (Å²) in [5, 5.41) is 15.0. The van der Waals surface area contributed by atoms with Gasteiger partial charge in [0.15, 0.2) is 5.78 Å². The molecular weight excluding hydrogens is 465 g/mol. The van der Waals surface area contributed by atoms with Gasteiger partial charge in [-0.3, -0.25) is 14.8 Å². The van der Waals surface area contributed by atoms with Crippen LogP contribution in [0.5, 0.6) is 0 Å². The van der Waals surface area contributed by atoms with Gasteiger partial charge < -0.3 is 0 Å². The fourth-order valence-electron chi connectivity index (χ4n) is 6.56. The molecule has 0 saturated heterocycles. The van der Waals surface area contributed by atoms with Crippen molar-refractivity contribution in [2.75, 3.05) is 0 Å². The third-order valence-electron chi connectivity index (χ3n) is 8.33. The van der Waals surface area contributed by atoms with Crippen LogP contribution in [0.1, 0.15) is 37.9 Å². The number of ketones is 1. The number of nitriles is 1. The Morgan fingerprint density at radius 2 is 1.81 bits per heavy atom. The van der Waals surface area contributed by atoms with Gasteiger partial charge in [0.25, 0.3) is 0 Å². The molecule has 1 saturated carbocycles. The summed E-state index contributed by atoms with van der Waals surface area (Å²) in [5.41, 5.74) is 6.21. The number of fused-ring (bicyclic) bond motifs is 3. The van der Waals surface area contributed by atoms with E-state index in [1.807, 2.05) is 48.0 Å². The molecule has 0 N–H and O–H groups in total. The molecule has 0 aliphatic heterocycles. The monoisotopic (exact) mass is 491 g/mol. The number of carbonyl (C=O) groups excluding carboxylic acids is 1. The first kappa shape index (κ1) is 23.2. The molecule has 0 spiro atoms. The van der Waals surface area contributed by atoms with Crippen LogP contribution in [0.25, 0.3) is 28.1 Å². The molecule has 6 rings (SSSR count). The highest BCUT2D eigenvalue weighted by Gasteiger charge is 2.54. The number of rotatable bonds is 3. The van der Waals surface area contributed by atoms with Gasteiger partial charge in [-0.15, -0.1) is 0 Å². The molecule has 1 aromatic carbocycles. The van der Waals surface area contributed by atoms with Crippen LogP contribution < -0.4 is 0 Å². The molecule has 4 atom stereocenters. The van der Waals surface area contributed by atoms with Crippen LogP contribution in [0.2, 0.25) is 0 Å². The Balaban J connectivity index is 1.53. The molecule has 3 aromatic heterocycles. The summed E-state index contributed by atoms with van der Waals surface area (Å²) in [5.74, 6) is -1.00. The lowest BCUT2D eigenvalue weighted by molar-refractivity contribution is -0.132. The Labute approximate surface area is 214 Å². The van der Waals surface area contributed by atoms with Crippen molar-refractivity contribution >= 4 is 5.78 Å². The van der Waals surface area contributed by atoms with E-state index in [-0.39, 0.29) is 28.9 Å². The molecule has 6 nitrogen and oxygen atoms in total. The fraction of sp³-hybridized carbons (Fsp3) is 0.300. The van der Waals surface area contributed by atoms with E-state index in [4.69, 9.17) is 5.10 Å². The molecule has 2 aliphatic rings. The Morgan fingerprint density at radius 3 is 2.51 bits per heavy atom. The van der Waals surface area contributed by atoms with Crippen LogP contribution in [0.15, 0.2) is 67.3 Å². The number of carbonyl (C=O) groups is 1. The van der Waals surface area contributed by atoms with E-state index >= 15 is 0 Å². The number of hydrogen-bond acceptors (Lipinski definition) is 5. The van der Waals surface area contributed by atoms with Crippen molar-refractivity contribution in [3.63, 3.8) is 0 Å². The molecule has 0 amide bonds. The van der Waals surface area contributed by atoms with Crippen LogP contribution in [-0.4, -0.2) is 25.5 Å². The average Bonchev–Trinajstić information content (AvgIpc) is 3.32. The smallest absolute Gasteiger partial charge is 0.153 e. The highest BCUT2D eigenvalue weighted by Crippen LogP contribution is 2.54. The average molecular weight is 492 g/mol. The first-order chi connectivity index (χ1) is 17.9. The summed E-state index contributed by atoms with van der Waals surface area (Å²) in [7, 11) is 0. The third-order valence-corrected chi connectivity index (χ3v) is 8.33. The molecule has 0 radical (unpaired) electrons. The second-order valence-electron chi connectivity index (χ2n) is 10.4. The maximum Gasteiger partial charge on any atom is 0.153 e. The second kappa shape index (κ2) is 8.74. The van der Waals surface area contributed by atoms with Crippen LogP contribution in [0.3, 0.4) is 0 Å². The van der Waals surface area contributed by atoms with E-state index in [1.54, 1.807) is 18.6 Å². The van der Waals surface area contributed by atoms with E-state index in [0.717, 1.165) is 41.0 Å². The van der Waals surface area contributed by atoms with Crippen molar-refractivity contribution in [3.8, 4) is 34.1 Å². The number of halogens is 1. The lowest BCUT2D eigenvalue weighted by atomic mass is 9.54. The maximum absolute atomic E-state index is 13.7. The van der Waals surface area contributed by atoms with Gasteiger partial charge in [0, 0.05) is 46.6 Å². The van der Waals surface area contributed by atoms with Gasteiger partial charge in [-0.25, -0.2) is 9.07 Å². The van der Waals surface area contributed by atoms with Crippen LogP contribution in [0.4, 0.5) is 4.39 Å². The second-order valence-corrected chi connectivity index (χ2v) is 10.4. The molecule has 1 unspecified atom stereocenters. The van der Waals surface area contributed by atoms with Gasteiger partial charge >= 0.3 is 0 Å². The zero-order valence-corrected chi connectivity index (χ0v) is 20.7. The van der Waals surface area contributed by atoms with Gasteiger partial charge in [-0.2, -0.15) is 10.4 Å². The van der Waals surface area contributed by atoms with Gasteiger partial charge in [0.1, 0.15) is 11.7 Å². The highest BCUT2D eigenvalue weighted by atomic mass is 19.1. The summed E-state index contributed by atoms with van der Waals surface area (Å²) in [4.78, 5) is 21.1. The lowest BCUT2D eigenvalue weighted by Gasteiger charge is -2.49. The minimum absolute atomic E-state index is 0.0573. The van der Waals surface area contributed by atoms with Crippen LogP contribution in [-0.2, 0) is 16.6 Å². The van der Waals surface area contributed by atoms with Crippen LogP contribution in [0, 0.1) is 34.9 Å². The molecule has 0 bridgehead atoms.